The fourth-order valence-corrected chi connectivity index (χ4v) is 3.16. The van der Waals surface area contributed by atoms with E-state index in [0.29, 0.717) is 22.9 Å². The van der Waals surface area contributed by atoms with Gasteiger partial charge in [-0.05, 0) is 48.2 Å². The van der Waals surface area contributed by atoms with Crippen LogP contribution in [0.1, 0.15) is 21.5 Å². The molecule has 0 radical (unpaired) electrons. The van der Waals surface area contributed by atoms with E-state index in [1.165, 1.54) is 24.3 Å². The Labute approximate surface area is 123 Å². The molecule has 2 aromatic rings. The average molecular weight is 337 g/mol. The number of hydrogen-bond donors (Lipinski definition) is 0. The van der Waals surface area contributed by atoms with Crippen LogP contribution in [-0.4, -0.2) is 5.78 Å². The van der Waals surface area contributed by atoms with Gasteiger partial charge in [0.2, 0.25) is 0 Å². The van der Waals surface area contributed by atoms with E-state index in [9.17, 15) is 13.6 Å². The van der Waals surface area contributed by atoms with E-state index in [1.54, 1.807) is 12.1 Å². The van der Waals surface area contributed by atoms with Crippen molar-refractivity contribution in [3.05, 3.63) is 69.2 Å². The lowest BCUT2D eigenvalue weighted by atomic mass is 9.96. The monoisotopic (exact) mass is 336 g/mol. The first-order valence-corrected chi connectivity index (χ1v) is 7.10. The van der Waals surface area contributed by atoms with E-state index in [2.05, 4.69) is 15.9 Å². The molecule has 102 valence electrons. The molecule has 0 fully saturated rings. The van der Waals surface area contributed by atoms with Crippen molar-refractivity contribution in [3.63, 3.8) is 0 Å². The van der Waals surface area contributed by atoms with E-state index in [-0.39, 0.29) is 23.3 Å². The zero-order valence-electron chi connectivity index (χ0n) is 10.5. The fourth-order valence-electron chi connectivity index (χ4n) is 2.65. The van der Waals surface area contributed by atoms with E-state index < -0.39 is 0 Å². The van der Waals surface area contributed by atoms with Crippen LogP contribution in [0.15, 0.2) is 40.9 Å². The van der Waals surface area contributed by atoms with Crippen molar-refractivity contribution in [2.75, 3.05) is 0 Å². The summed E-state index contributed by atoms with van der Waals surface area (Å²) in [6, 6.07) is 8.80. The van der Waals surface area contributed by atoms with Crippen molar-refractivity contribution >= 4 is 21.7 Å². The molecule has 1 unspecified atom stereocenters. The van der Waals surface area contributed by atoms with Crippen LogP contribution in [0.5, 0.6) is 0 Å². The van der Waals surface area contributed by atoms with Crippen molar-refractivity contribution < 1.29 is 13.6 Å². The maximum atomic E-state index is 13.2. The molecule has 1 nitrogen and oxygen atoms in total. The first-order valence-electron chi connectivity index (χ1n) is 6.31. The number of hydrogen-bond acceptors (Lipinski definition) is 1. The minimum Gasteiger partial charge on any atom is -0.294 e. The summed E-state index contributed by atoms with van der Waals surface area (Å²) in [4.78, 5) is 12.3. The van der Waals surface area contributed by atoms with Gasteiger partial charge in [0.05, 0.1) is 0 Å². The molecule has 3 rings (SSSR count). The van der Waals surface area contributed by atoms with Crippen LogP contribution in [0.3, 0.4) is 0 Å². The van der Waals surface area contributed by atoms with Crippen LogP contribution < -0.4 is 0 Å². The lowest BCUT2D eigenvalue weighted by molar-refractivity contribution is 0.0936. The first kappa shape index (κ1) is 13.4. The smallest absolute Gasteiger partial charge is 0.166 e. The molecule has 0 aromatic heterocycles. The minimum absolute atomic E-state index is 0.0317. The molecule has 2 aromatic carbocycles. The number of carbonyl (C=O) groups is 1. The number of halogens is 3. The summed E-state index contributed by atoms with van der Waals surface area (Å²) >= 11 is 3.31. The Bertz CT molecular complexity index is 697. The Morgan fingerprint density at radius 1 is 1.10 bits per heavy atom. The van der Waals surface area contributed by atoms with Gasteiger partial charge < -0.3 is 0 Å². The second kappa shape index (κ2) is 5.09. The molecule has 0 heterocycles. The summed E-state index contributed by atoms with van der Waals surface area (Å²) in [6.07, 6.45) is 1.13. The van der Waals surface area contributed by atoms with E-state index in [0.717, 1.165) is 11.1 Å². The van der Waals surface area contributed by atoms with Crippen molar-refractivity contribution in [3.8, 4) is 0 Å². The van der Waals surface area contributed by atoms with Gasteiger partial charge in [-0.1, -0.05) is 28.1 Å². The third-order valence-corrected chi connectivity index (χ3v) is 4.39. The van der Waals surface area contributed by atoms with Crippen molar-refractivity contribution in [2.24, 2.45) is 5.92 Å². The third kappa shape index (κ3) is 2.40. The number of fused-ring (bicyclic) bond motifs is 1. The Balaban J connectivity index is 1.86. The molecule has 0 bridgehead atoms. The topological polar surface area (TPSA) is 17.1 Å². The Morgan fingerprint density at radius 2 is 1.80 bits per heavy atom. The molecule has 4 heteroatoms. The Kier molecular flexibility index (Phi) is 3.42. The second-order valence-electron chi connectivity index (χ2n) is 5.01. The maximum absolute atomic E-state index is 13.2. The average Bonchev–Trinajstić information content (AvgIpc) is 2.70. The van der Waals surface area contributed by atoms with Gasteiger partial charge in [0.15, 0.2) is 5.78 Å². The lowest BCUT2D eigenvalue weighted by Crippen LogP contribution is -2.12. The number of benzene rings is 2. The molecule has 0 aliphatic heterocycles. The zero-order valence-corrected chi connectivity index (χ0v) is 12.1. The van der Waals surface area contributed by atoms with Crippen molar-refractivity contribution in [1.29, 1.82) is 0 Å². The summed E-state index contributed by atoms with van der Waals surface area (Å²) in [5.74, 6) is -0.936. The number of rotatable bonds is 2. The molecule has 0 amide bonds. The molecule has 0 N–H and O–H groups in total. The van der Waals surface area contributed by atoms with E-state index in [4.69, 9.17) is 0 Å². The molecule has 1 aliphatic carbocycles. The molecule has 1 aliphatic rings. The second-order valence-corrected chi connectivity index (χ2v) is 5.86. The van der Waals surface area contributed by atoms with Gasteiger partial charge in [-0.15, -0.1) is 0 Å². The summed E-state index contributed by atoms with van der Waals surface area (Å²) in [5, 5.41) is 0. The highest BCUT2D eigenvalue weighted by Crippen LogP contribution is 2.31. The summed E-state index contributed by atoms with van der Waals surface area (Å²) < 4.78 is 26.9. The van der Waals surface area contributed by atoms with Gasteiger partial charge in [0.25, 0.3) is 0 Å². The molecule has 0 saturated carbocycles. The standard InChI is InChI=1S/C16H11BrF2O/c17-15-8-13(19)4-2-10(15)6-11-5-9-1-3-12(18)7-14(9)16(11)20/h1-4,7-8,11H,5-6H2. The zero-order chi connectivity index (χ0) is 14.3. The first-order chi connectivity index (χ1) is 9.54. The van der Waals surface area contributed by atoms with E-state index in [1.807, 2.05) is 0 Å². The normalized spacial score (nSPS) is 17.4. The summed E-state index contributed by atoms with van der Waals surface area (Å²) in [6.45, 7) is 0. The van der Waals surface area contributed by atoms with Gasteiger partial charge in [0, 0.05) is 16.0 Å². The highest BCUT2D eigenvalue weighted by molar-refractivity contribution is 9.10. The van der Waals surface area contributed by atoms with Gasteiger partial charge in [0.1, 0.15) is 11.6 Å². The Morgan fingerprint density at radius 3 is 2.55 bits per heavy atom. The molecule has 20 heavy (non-hydrogen) atoms. The number of ketones is 1. The summed E-state index contributed by atoms with van der Waals surface area (Å²) in [7, 11) is 0. The highest BCUT2D eigenvalue weighted by Gasteiger charge is 2.31. The molecule has 0 spiro atoms. The number of carbonyl (C=O) groups excluding carboxylic acids is 1. The molecule has 0 saturated heterocycles. The summed E-state index contributed by atoms with van der Waals surface area (Å²) in [5.41, 5.74) is 2.26. The van der Waals surface area contributed by atoms with Gasteiger partial charge in [-0.2, -0.15) is 0 Å². The predicted octanol–water partition coefficient (Wildman–Crippen LogP) is 4.33. The van der Waals surface area contributed by atoms with Gasteiger partial charge in [-0.3, -0.25) is 4.79 Å². The van der Waals surface area contributed by atoms with Crippen molar-refractivity contribution in [2.45, 2.75) is 12.8 Å². The number of Topliss-reactive ketones (excluding diaryl/α,β-unsaturated/α-hetero) is 1. The minimum atomic E-state index is -0.388. The van der Waals surface area contributed by atoms with Gasteiger partial charge in [-0.25, -0.2) is 8.78 Å². The van der Waals surface area contributed by atoms with E-state index >= 15 is 0 Å². The molecular weight excluding hydrogens is 326 g/mol. The SMILES string of the molecule is O=C1c2cc(F)ccc2CC1Cc1ccc(F)cc1Br. The van der Waals surface area contributed by atoms with Gasteiger partial charge >= 0.3 is 0 Å². The van der Waals surface area contributed by atoms with Crippen LogP contribution in [0.25, 0.3) is 0 Å². The molecule has 1 atom stereocenters. The quantitative estimate of drug-likeness (QED) is 0.797. The fraction of sp³-hybridized carbons (Fsp3) is 0.188. The van der Waals surface area contributed by atoms with Crippen LogP contribution in [0.4, 0.5) is 8.78 Å². The lowest BCUT2D eigenvalue weighted by Gasteiger charge is -2.09. The van der Waals surface area contributed by atoms with Crippen molar-refractivity contribution in [1.82, 2.24) is 0 Å². The van der Waals surface area contributed by atoms with Crippen LogP contribution in [0, 0.1) is 17.6 Å². The maximum Gasteiger partial charge on any atom is 0.166 e. The molecular formula is C16H11BrF2O. The Hall–Kier alpha value is -1.55. The largest absolute Gasteiger partial charge is 0.294 e. The van der Waals surface area contributed by atoms with Crippen LogP contribution >= 0.6 is 15.9 Å². The third-order valence-electron chi connectivity index (χ3n) is 3.66. The van der Waals surface area contributed by atoms with Crippen LogP contribution in [-0.2, 0) is 12.8 Å². The highest BCUT2D eigenvalue weighted by atomic mass is 79.9. The predicted molar refractivity (Wildman–Crippen MR) is 75.7 cm³/mol. The van der Waals surface area contributed by atoms with Crippen LogP contribution in [0.2, 0.25) is 0 Å².